The minimum absolute atomic E-state index is 0.188. The Morgan fingerprint density at radius 3 is 2.32 bits per heavy atom. The van der Waals surface area contributed by atoms with Crippen LogP contribution < -0.4 is 10.2 Å². The van der Waals surface area contributed by atoms with Crippen molar-refractivity contribution >= 4 is 27.3 Å². The van der Waals surface area contributed by atoms with E-state index in [2.05, 4.69) is 10.2 Å². The van der Waals surface area contributed by atoms with Crippen molar-refractivity contribution in [3.8, 4) is 0 Å². The van der Waals surface area contributed by atoms with Crippen LogP contribution >= 0.6 is 0 Å². The molecule has 0 saturated carbocycles. The summed E-state index contributed by atoms with van der Waals surface area (Å²) in [7, 11) is -1.79. The highest BCUT2D eigenvalue weighted by Crippen LogP contribution is 2.23. The molecule has 2 aromatic carbocycles. The van der Waals surface area contributed by atoms with E-state index >= 15 is 0 Å². The van der Waals surface area contributed by atoms with E-state index in [0.717, 1.165) is 31.6 Å². The molecule has 1 saturated heterocycles. The molecule has 1 N–H and O–H groups in total. The lowest BCUT2D eigenvalue weighted by atomic mass is 10.1. The second kappa shape index (κ2) is 10.3. The van der Waals surface area contributed by atoms with Crippen molar-refractivity contribution in [2.24, 2.45) is 0 Å². The zero-order chi connectivity index (χ0) is 22.4. The van der Waals surface area contributed by atoms with Crippen LogP contribution in [0.25, 0.3) is 0 Å². The molecule has 1 fully saturated rings. The van der Waals surface area contributed by atoms with Gasteiger partial charge in [0.2, 0.25) is 10.0 Å². The van der Waals surface area contributed by atoms with Crippen molar-refractivity contribution in [1.29, 1.82) is 0 Å². The lowest BCUT2D eigenvalue weighted by Crippen LogP contribution is -2.39. The average Bonchev–Trinajstić information content (AvgIpc) is 2.80. The minimum Gasteiger partial charge on any atom is -0.380 e. The van der Waals surface area contributed by atoms with Crippen molar-refractivity contribution in [3.05, 3.63) is 54.1 Å². The second-order valence-corrected chi connectivity index (χ2v) is 9.50. The Morgan fingerprint density at radius 2 is 1.74 bits per heavy atom. The topological polar surface area (TPSA) is 79.0 Å². The number of rotatable bonds is 8. The molecule has 1 amide bonds. The Bertz CT molecular complexity index is 971. The number of benzene rings is 2. The smallest absolute Gasteiger partial charge is 0.255 e. The summed E-state index contributed by atoms with van der Waals surface area (Å²) >= 11 is 0. The molecular weight excluding hydrogens is 414 g/mol. The van der Waals surface area contributed by atoms with Crippen LogP contribution in [-0.4, -0.2) is 58.0 Å². The SMILES string of the molecule is CCN(CC)S(=O)(=O)c1ccc(C(=O)Nc2ccc(N3CCCC(OC)C3)cc2)cc1. The van der Waals surface area contributed by atoms with Crippen LogP contribution in [-0.2, 0) is 14.8 Å². The monoisotopic (exact) mass is 445 g/mol. The van der Waals surface area contributed by atoms with E-state index in [9.17, 15) is 13.2 Å². The number of sulfonamides is 1. The highest BCUT2D eigenvalue weighted by molar-refractivity contribution is 7.89. The van der Waals surface area contributed by atoms with E-state index in [0.29, 0.717) is 24.3 Å². The van der Waals surface area contributed by atoms with Gasteiger partial charge in [-0.15, -0.1) is 0 Å². The van der Waals surface area contributed by atoms with Gasteiger partial charge in [0.1, 0.15) is 0 Å². The summed E-state index contributed by atoms with van der Waals surface area (Å²) in [6.45, 7) is 6.27. The van der Waals surface area contributed by atoms with Gasteiger partial charge in [0, 0.05) is 50.2 Å². The molecule has 1 unspecified atom stereocenters. The zero-order valence-electron chi connectivity index (χ0n) is 18.4. The maximum absolute atomic E-state index is 12.6. The van der Waals surface area contributed by atoms with Crippen LogP contribution in [0.5, 0.6) is 0 Å². The molecule has 8 heteroatoms. The van der Waals surface area contributed by atoms with E-state index < -0.39 is 10.0 Å². The quantitative estimate of drug-likeness (QED) is 0.672. The number of nitrogens with one attached hydrogen (secondary N) is 1. The number of carbonyl (C=O) groups is 1. The largest absolute Gasteiger partial charge is 0.380 e. The average molecular weight is 446 g/mol. The molecule has 0 bridgehead atoms. The van der Waals surface area contributed by atoms with E-state index in [1.54, 1.807) is 33.1 Å². The highest BCUT2D eigenvalue weighted by Gasteiger charge is 2.22. The zero-order valence-corrected chi connectivity index (χ0v) is 19.2. The summed E-state index contributed by atoms with van der Waals surface area (Å²) in [5.41, 5.74) is 2.20. The maximum Gasteiger partial charge on any atom is 0.255 e. The van der Waals surface area contributed by atoms with Crippen molar-refractivity contribution in [2.45, 2.75) is 37.7 Å². The summed E-state index contributed by atoms with van der Waals surface area (Å²) in [6, 6.07) is 13.8. The Labute approximate surface area is 185 Å². The van der Waals surface area contributed by atoms with Crippen molar-refractivity contribution in [1.82, 2.24) is 4.31 Å². The molecule has 0 aromatic heterocycles. The molecule has 0 spiro atoms. The third-order valence-electron chi connectivity index (χ3n) is 5.66. The third kappa shape index (κ3) is 5.44. The molecule has 7 nitrogen and oxygen atoms in total. The van der Waals surface area contributed by atoms with Crippen molar-refractivity contribution in [3.63, 3.8) is 0 Å². The highest BCUT2D eigenvalue weighted by atomic mass is 32.2. The summed E-state index contributed by atoms with van der Waals surface area (Å²) in [5.74, 6) is -0.281. The fourth-order valence-corrected chi connectivity index (χ4v) is 5.27. The van der Waals surface area contributed by atoms with Crippen LogP contribution in [0, 0.1) is 0 Å². The van der Waals surface area contributed by atoms with E-state index in [4.69, 9.17) is 4.74 Å². The van der Waals surface area contributed by atoms with Crippen LogP contribution in [0.3, 0.4) is 0 Å². The number of piperidine rings is 1. The summed E-state index contributed by atoms with van der Waals surface area (Å²) < 4.78 is 32.0. The van der Waals surface area contributed by atoms with Crippen molar-refractivity contribution < 1.29 is 17.9 Å². The van der Waals surface area contributed by atoms with Gasteiger partial charge < -0.3 is 15.0 Å². The van der Waals surface area contributed by atoms with Gasteiger partial charge in [-0.3, -0.25) is 4.79 Å². The lowest BCUT2D eigenvalue weighted by Gasteiger charge is -2.33. The molecule has 168 valence electrons. The molecule has 1 heterocycles. The lowest BCUT2D eigenvalue weighted by molar-refractivity contribution is 0.0893. The first-order chi connectivity index (χ1) is 14.9. The second-order valence-electron chi connectivity index (χ2n) is 7.56. The summed E-state index contributed by atoms with van der Waals surface area (Å²) in [5, 5.41) is 2.87. The molecule has 0 radical (unpaired) electrons. The number of methoxy groups -OCH3 is 1. The standard InChI is InChI=1S/C23H31N3O4S/c1-4-26(5-2)31(28,29)22-14-8-18(9-15-22)23(27)24-19-10-12-20(13-11-19)25-16-6-7-21(17-25)30-3/h8-15,21H,4-7,16-17H2,1-3H3,(H,24,27). The fourth-order valence-electron chi connectivity index (χ4n) is 3.81. The normalized spacial score (nSPS) is 17.0. The van der Waals surface area contributed by atoms with Crippen molar-refractivity contribution in [2.75, 3.05) is 43.5 Å². The van der Waals surface area contributed by atoms with E-state index in [1.165, 1.54) is 16.4 Å². The maximum atomic E-state index is 12.6. The number of carbonyl (C=O) groups excluding carboxylic acids is 1. The Hall–Kier alpha value is -2.42. The van der Waals surface area contributed by atoms with Gasteiger partial charge in [-0.2, -0.15) is 4.31 Å². The van der Waals surface area contributed by atoms with Gasteiger partial charge in [-0.1, -0.05) is 13.8 Å². The molecular formula is C23H31N3O4S. The van der Waals surface area contributed by atoms with Crippen LogP contribution in [0.1, 0.15) is 37.0 Å². The molecule has 2 aromatic rings. The van der Waals surface area contributed by atoms with Crippen LogP contribution in [0.15, 0.2) is 53.4 Å². The first-order valence-corrected chi connectivity index (χ1v) is 12.1. The molecule has 1 aliphatic heterocycles. The first kappa shape index (κ1) is 23.2. The predicted molar refractivity (Wildman–Crippen MR) is 123 cm³/mol. The number of hydrogen-bond donors (Lipinski definition) is 1. The van der Waals surface area contributed by atoms with Gasteiger partial charge in [0.25, 0.3) is 5.91 Å². The molecule has 0 aliphatic carbocycles. The molecule has 1 atom stereocenters. The molecule has 1 aliphatic rings. The number of hydrogen-bond acceptors (Lipinski definition) is 5. The van der Waals surface area contributed by atoms with Gasteiger partial charge in [-0.25, -0.2) is 8.42 Å². The van der Waals surface area contributed by atoms with E-state index in [-0.39, 0.29) is 16.9 Å². The summed E-state index contributed by atoms with van der Waals surface area (Å²) in [6.07, 6.45) is 2.43. The van der Waals surface area contributed by atoms with Gasteiger partial charge >= 0.3 is 0 Å². The molecule has 3 rings (SSSR count). The number of amides is 1. The van der Waals surface area contributed by atoms with E-state index in [1.807, 2.05) is 24.3 Å². The third-order valence-corrected chi connectivity index (χ3v) is 7.73. The summed E-state index contributed by atoms with van der Waals surface area (Å²) in [4.78, 5) is 15.1. The Balaban J connectivity index is 1.65. The first-order valence-electron chi connectivity index (χ1n) is 10.7. The number of nitrogens with zero attached hydrogens (tertiary/aromatic N) is 2. The minimum atomic E-state index is -3.54. The van der Waals surface area contributed by atoms with Gasteiger partial charge in [0.05, 0.1) is 11.0 Å². The Morgan fingerprint density at radius 1 is 1.10 bits per heavy atom. The van der Waals surface area contributed by atoms with Crippen LogP contribution in [0.4, 0.5) is 11.4 Å². The van der Waals surface area contributed by atoms with Gasteiger partial charge in [-0.05, 0) is 61.4 Å². The fraction of sp³-hybridized carbons (Fsp3) is 0.435. The predicted octanol–water partition coefficient (Wildman–Crippen LogP) is 3.58. The Kier molecular flexibility index (Phi) is 7.69. The number of anilines is 2. The van der Waals surface area contributed by atoms with Crippen LogP contribution in [0.2, 0.25) is 0 Å². The number of ether oxygens (including phenoxy) is 1. The van der Waals surface area contributed by atoms with Gasteiger partial charge in [0.15, 0.2) is 0 Å². The molecule has 31 heavy (non-hydrogen) atoms.